The standard InChI is InChI=1S/2C21H21N2O.2C20H19N2O/c1-13(2)15-6-8-18(23(4)12-15)20-14(3)5-7-17-16-9-10-22-11-19(16)24-21(17)20;1-13(2)15-8-10-18(23(4)12-15)19-14(3)7-9-16-17-6-5-11-22-21(17)24-20(16)19;1-4-14-9-10-17(22(3)12-14)19-13(2)21-11-16-15-7-5-6-8-18(15)23-20(16)19;1-4-14-9-10-16(22(3)12-14)18-13(2)11-21-19-15-7-5-6-8-17(15)23-20(18)19/h2*5-13H,1-4H3;2*5-12H,4H2,1-3H3/q4*+1/i;;2*4D2. The van der Waals surface area contributed by atoms with E-state index in [1.807, 2.05) is 153 Å². The van der Waals surface area contributed by atoms with Gasteiger partial charge in [0.1, 0.15) is 56.0 Å². The third kappa shape index (κ3) is 11.5. The Kier molecular flexibility index (Phi) is 15.7. The molecule has 16 aromatic rings. The predicted octanol–water partition coefficient (Wildman–Crippen LogP) is 18.5. The van der Waals surface area contributed by atoms with Gasteiger partial charge in [0.25, 0.3) is 0 Å². The molecule has 0 aliphatic carbocycles. The number of benzene rings is 4. The lowest BCUT2D eigenvalue weighted by atomic mass is 9.99. The third-order valence-corrected chi connectivity index (χ3v) is 18.0. The summed E-state index contributed by atoms with van der Waals surface area (Å²) in [5, 5.41) is 7.48. The van der Waals surface area contributed by atoms with Crippen molar-refractivity contribution < 1.29 is 41.4 Å². The van der Waals surface area contributed by atoms with E-state index in [0.717, 1.165) is 139 Å². The number of pyridine rings is 8. The average molecular weight is 1250 g/mol. The van der Waals surface area contributed by atoms with Crippen molar-refractivity contribution in [2.45, 2.75) is 93.8 Å². The van der Waals surface area contributed by atoms with Crippen molar-refractivity contribution in [3.8, 4) is 45.0 Å². The van der Waals surface area contributed by atoms with Crippen LogP contribution in [0, 0.1) is 27.7 Å². The second-order valence-corrected chi connectivity index (χ2v) is 24.9. The molecule has 468 valence electrons. The molecule has 0 fully saturated rings. The van der Waals surface area contributed by atoms with Crippen LogP contribution in [0.1, 0.15) is 103 Å². The van der Waals surface area contributed by atoms with E-state index in [1.54, 1.807) is 26.2 Å². The number of hydrogen-bond acceptors (Lipinski definition) is 8. The first-order valence-corrected chi connectivity index (χ1v) is 31.9. The Morgan fingerprint density at radius 3 is 1.45 bits per heavy atom. The quantitative estimate of drug-likeness (QED) is 0.138. The lowest BCUT2D eigenvalue weighted by Gasteiger charge is -2.08. The van der Waals surface area contributed by atoms with Crippen LogP contribution in [0.15, 0.2) is 213 Å². The summed E-state index contributed by atoms with van der Waals surface area (Å²) < 4.78 is 64.5. The van der Waals surface area contributed by atoms with E-state index in [1.165, 1.54) is 22.3 Å². The number of nitrogens with zero attached hydrogens (tertiary/aromatic N) is 8. The van der Waals surface area contributed by atoms with Crippen LogP contribution in [-0.4, -0.2) is 19.9 Å². The van der Waals surface area contributed by atoms with Gasteiger partial charge in [0.2, 0.25) is 28.5 Å². The van der Waals surface area contributed by atoms with Crippen molar-refractivity contribution in [2.75, 3.05) is 0 Å². The van der Waals surface area contributed by atoms with Crippen molar-refractivity contribution in [2.24, 2.45) is 28.2 Å². The monoisotopic (exact) mass is 1240 g/mol. The summed E-state index contributed by atoms with van der Waals surface area (Å²) in [7, 11) is 8.05. The summed E-state index contributed by atoms with van der Waals surface area (Å²) in [6, 6.07) is 46.9. The first-order valence-electron chi connectivity index (χ1n) is 33.9. The lowest BCUT2D eigenvalue weighted by molar-refractivity contribution is -0.661. The van der Waals surface area contributed by atoms with Crippen molar-refractivity contribution in [1.29, 1.82) is 0 Å². The molecule has 0 atom stereocenters. The molecule has 0 radical (unpaired) electrons. The topological polar surface area (TPSA) is 120 Å². The lowest BCUT2D eigenvalue weighted by Crippen LogP contribution is -2.31. The van der Waals surface area contributed by atoms with E-state index < -0.39 is 12.7 Å². The van der Waals surface area contributed by atoms with E-state index in [4.69, 9.17) is 23.2 Å². The molecule has 0 saturated carbocycles. The van der Waals surface area contributed by atoms with Crippen LogP contribution in [0.5, 0.6) is 0 Å². The summed E-state index contributed by atoms with van der Waals surface area (Å²) in [6.07, 6.45) is 14.4. The Morgan fingerprint density at radius 2 is 0.862 bits per heavy atom. The molecule has 0 saturated heterocycles. The molecule has 12 heterocycles. The largest absolute Gasteiger partial charge is 0.455 e. The van der Waals surface area contributed by atoms with Crippen molar-refractivity contribution in [3.05, 3.63) is 240 Å². The van der Waals surface area contributed by atoms with Gasteiger partial charge in [0, 0.05) is 114 Å². The summed E-state index contributed by atoms with van der Waals surface area (Å²) in [5.41, 5.74) is 24.2. The molecule has 12 aromatic heterocycles. The Labute approximate surface area is 553 Å². The van der Waals surface area contributed by atoms with E-state index in [9.17, 15) is 0 Å². The Morgan fingerprint density at radius 1 is 0.383 bits per heavy atom. The number of fused-ring (bicyclic) bond motifs is 12. The summed E-state index contributed by atoms with van der Waals surface area (Å²) in [6.45, 7) is 20.2. The highest BCUT2D eigenvalue weighted by Gasteiger charge is 2.26. The maximum atomic E-state index is 7.92. The molecular formula is C82H80N8O4+4. The fourth-order valence-corrected chi connectivity index (χ4v) is 12.8. The summed E-state index contributed by atoms with van der Waals surface area (Å²) >= 11 is 0. The van der Waals surface area contributed by atoms with Crippen molar-refractivity contribution in [1.82, 2.24) is 19.9 Å². The maximum absolute atomic E-state index is 7.92. The van der Waals surface area contributed by atoms with Gasteiger partial charge in [-0.05, 0) is 130 Å². The van der Waals surface area contributed by atoms with Crippen LogP contribution >= 0.6 is 0 Å². The first kappa shape index (κ1) is 57.2. The minimum Gasteiger partial charge on any atom is -0.455 e. The Bertz CT molecular complexity index is 5400. The Balaban J connectivity index is 0.000000118. The Hall–Kier alpha value is -10.7. The minimum absolute atomic E-state index is 0.512. The molecule has 0 N–H and O–H groups in total. The SMILES string of the molecule is Cc1ccc2c(oc3cnccc32)c1-c1ccc(C(C)C)c[n+]1C.Cc1ccc2c(oc3ncccc32)c1-c1ccc(C(C)C)c[n+]1C.[2H]C([2H])(C)c1ccc(-c2c(C)cnc3c2oc2ccccc23)[n+](C)c1.[2H]C([2H])(C)c1ccc(-c2c(C)ncc3c2oc2ccccc23)[n+](C)c1. The third-order valence-electron chi connectivity index (χ3n) is 18.0. The van der Waals surface area contributed by atoms with Crippen LogP contribution in [-0.2, 0) is 40.9 Å². The molecule has 4 aromatic carbocycles. The smallest absolute Gasteiger partial charge is 0.227 e. The molecule has 16 rings (SSSR count). The highest BCUT2D eigenvalue weighted by molar-refractivity contribution is 6.11. The van der Waals surface area contributed by atoms with Gasteiger partial charge in [0.05, 0.1) is 28.6 Å². The molecule has 12 nitrogen and oxygen atoms in total. The number of aromatic nitrogens is 8. The van der Waals surface area contributed by atoms with E-state index >= 15 is 0 Å². The van der Waals surface area contributed by atoms with Gasteiger partial charge >= 0.3 is 0 Å². The summed E-state index contributed by atoms with van der Waals surface area (Å²) in [5.74, 6) is 1.02. The molecule has 0 aliphatic rings. The van der Waals surface area contributed by atoms with Gasteiger partial charge in [-0.3, -0.25) is 15.0 Å². The summed E-state index contributed by atoms with van der Waals surface area (Å²) in [4.78, 5) is 17.7. The van der Waals surface area contributed by atoms with E-state index in [-0.39, 0.29) is 0 Å². The van der Waals surface area contributed by atoms with Crippen molar-refractivity contribution in [3.63, 3.8) is 0 Å². The van der Waals surface area contributed by atoms with Gasteiger partial charge in [0.15, 0.2) is 47.1 Å². The predicted molar refractivity (Wildman–Crippen MR) is 378 cm³/mol. The normalized spacial score (nSPS) is 12.5. The zero-order chi connectivity index (χ0) is 69.2. The fraction of sp³-hybridized carbons (Fsp3) is 0.220. The highest BCUT2D eigenvalue weighted by atomic mass is 16.3. The van der Waals surface area contributed by atoms with Crippen molar-refractivity contribution >= 4 is 88.0 Å². The number of furan rings is 4. The zero-order valence-corrected chi connectivity index (χ0v) is 55.8. The molecular weight excluding hydrogens is 1160 g/mol. The van der Waals surface area contributed by atoms with Gasteiger partial charge in [-0.1, -0.05) is 96.1 Å². The van der Waals surface area contributed by atoms with Crippen LogP contribution in [0.2, 0.25) is 0 Å². The van der Waals surface area contributed by atoms with E-state index in [2.05, 4.69) is 152 Å². The van der Waals surface area contributed by atoms with Crippen LogP contribution in [0.4, 0.5) is 0 Å². The van der Waals surface area contributed by atoms with Crippen LogP contribution in [0.3, 0.4) is 0 Å². The molecule has 0 unspecified atom stereocenters. The van der Waals surface area contributed by atoms with Gasteiger partial charge in [-0.25, -0.2) is 23.3 Å². The highest BCUT2D eigenvalue weighted by Crippen LogP contribution is 2.40. The molecule has 12 heteroatoms. The van der Waals surface area contributed by atoms with Crippen LogP contribution < -0.4 is 18.3 Å². The number of hydrogen-bond donors (Lipinski definition) is 0. The van der Waals surface area contributed by atoms with Gasteiger partial charge in [-0.2, -0.15) is 0 Å². The molecule has 0 spiro atoms. The average Bonchev–Trinajstić information content (AvgIpc) is 1.58. The first-order chi connectivity index (χ1) is 46.8. The minimum atomic E-state index is -1.38. The molecule has 0 amide bonds. The molecule has 0 aliphatic heterocycles. The van der Waals surface area contributed by atoms with E-state index in [0.29, 0.717) is 28.7 Å². The maximum Gasteiger partial charge on any atom is 0.227 e. The zero-order valence-electron chi connectivity index (χ0n) is 59.8. The molecule has 0 bridgehead atoms. The fourth-order valence-electron chi connectivity index (χ4n) is 12.8. The molecule has 94 heavy (non-hydrogen) atoms. The number of rotatable bonds is 8. The number of para-hydroxylation sites is 2. The van der Waals surface area contributed by atoms with Gasteiger partial charge < -0.3 is 17.7 Å². The van der Waals surface area contributed by atoms with Gasteiger partial charge in [-0.15, -0.1) is 0 Å². The van der Waals surface area contributed by atoms with Crippen LogP contribution in [0.25, 0.3) is 133 Å². The number of aryl methyl sites for hydroxylation is 10. The second-order valence-electron chi connectivity index (χ2n) is 24.9. The second kappa shape index (κ2) is 25.8.